The molecule has 0 aliphatic heterocycles. The maximum atomic E-state index is 10.2. The molecule has 1 rings (SSSR count). The number of hydrogen-bond acceptors (Lipinski definition) is 1. The topological polar surface area (TPSA) is 37.3 Å². The number of halogens is 2. The molecule has 0 atom stereocenters. The van der Waals surface area contributed by atoms with Crippen molar-refractivity contribution >= 4 is 29.2 Å². The minimum Gasteiger partial charge on any atom is -0.478 e. The first-order chi connectivity index (χ1) is 6.22. The lowest BCUT2D eigenvalue weighted by Crippen LogP contribution is -1.93. The summed E-state index contributed by atoms with van der Waals surface area (Å²) in [5, 5.41) is 8.38. The molecule has 1 N–H and O–H groups in total. The van der Waals surface area contributed by atoms with E-state index in [9.17, 15) is 4.79 Å². The van der Waals surface area contributed by atoms with Crippen molar-refractivity contribution in [3.63, 3.8) is 0 Å². The molecular weight excluding hydrogens is 211 g/mol. The highest BCUT2D eigenvalue weighted by molar-refractivity contribution is 6.25. The molecule has 0 radical (unpaired) electrons. The molecule has 0 saturated heterocycles. The summed E-state index contributed by atoms with van der Waals surface area (Å²) < 4.78 is 0. The summed E-state index contributed by atoms with van der Waals surface area (Å²) in [4.78, 5) is 10.2. The Kier molecular flexibility index (Phi) is 7.45. The van der Waals surface area contributed by atoms with Gasteiger partial charge in [-0.15, -0.1) is 23.2 Å². The molecule has 0 saturated carbocycles. The van der Waals surface area contributed by atoms with E-state index in [1.54, 1.807) is 30.3 Å². The molecule has 4 heteroatoms. The van der Waals surface area contributed by atoms with Crippen LogP contribution in [0, 0.1) is 0 Å². The van der Waals surface area contributed by atoms with Crippen molar-refractivity contribution in [2.45, 2.75) is 0 Å². The van der Waals surface area contributed by atoms with Gasteiger partial charge in [0, 0.05) is 11.8 Å². The van der Waals surface area contributed by atoms with Crippen LogP contribution in [-0.4, -0.2) is 22.8 Å². The summed E-state index contributed by atoms with van der Waals surface area (Å²) in [6.45, 7) is 0. The van der Waals surface area contributed by atoms with Crippen LogP contribution < -0.4 is 0 Å². The molecular formula is C9H10Cl2O2. The molecule has 0 heterocycles. The predicted octanol–water partition coefficient (Wildman–Crippen LogP) is 2.85. The normalized spacial score (nSPS) is 8.46. The molecule has 13 heavy (non-hydrogen) atoms. The number of carbonyl (C=O) groups is 1. The van der Waals surface area contributed by atoms with Crippen molar-refractivity contribution in [1.82, 2.24) is 0 Å². The minimum absolute atomic E-state index is 0.331. The third kappa shape index (κ3) is 6.43. The highest BCUT2D eigenvalue weighted by Gasteiger charge is 1.96. The Labute approximate surface area is 87.1 Å². The number of hydrogen-bond donors (Lipinski definition) is 1. The number of alkyl halides is 2. The van der Waals surface area contributed by atoms with Crippen molar-refractivity contribution in [2.24, 2.45) is 0 Å². The zero-order chi connectivity index (χ0) is 10.1. The second-order valence-electron chi connectivity index (χ2n) is 2.05. The van der Waals surface area contributed by atoms with Crippen molar-refractivity contribution in [1.29, 1.82) is 0 Å². The maximum absolute atomic E-state index is 10.2. The average molecular weight is 221 g/mol. The summed E-state index contributed by atoms with van der Waals surface area (Å²) in [6, 6.07) is 8.30. The second kappa shape index (κ2) is 7.90. The summed E-state index contributed by atoms with van der Waals surface area (Å²) in [7, 11) is 0. The summed E-state index contributed by atoms with van der Waals surface area (Å²) >= 11 is 10.1. The van der Waals surface area contributed by atoms with Crippen molar-refractivity contribution in [3.8, 4) is 0 Å². The van der Waals surface area contributed by atoms with E-state index in [1.807, 2.05) is 0 Å². The Morgan fingerprint density at radius 2 is 1.62 bits per heavy atom. The molecule has 2 nitrogen and oxygen atoms in total. The highest BCUT2D eigenvalue weighted by Crippen LogP contribution is 1.96. The van der Waals surface area contributed by atoms with Gasteiger partial charge in [0.2, 0.25) is 0 Å². The van der Waals surface area contributed by atoms with Gasteiger partial charge in [0.15, 0.2) is 0 Å². The van der Waals surface area contributed by atoms with E-state index < -0.39 is 5.97 Å². The number of benzene rings is 1. The van der Waals surface area contributed by atoms with Gasteiger partial charge in [0.25, 0.3) is 0 Å². The van der Waals surface area contributed by atoms with E-state index in [0.717, 1.165) is 0 Å². The molecule has 0 aromatic heterocycles. The van der Waals surface area contributed by atoms with Gasteiger partial charge in [-0.1, -0.05) is 18.2 Å². The summed E-state index contributed by atoms with van der Waals surface area (Å²) in [5.74, 6) is 0.235. The largest absolute Gasteiger partial charge is 0.478 e. The van der Waals surface area contributed by atoms with Crippen molar-refractivity contribution in [2.75, 3.05) is 11.8 Å². The van der Waals surface area contributed by atoms with Gasteiger partial charge in [-0.3, -0.25) is 0 Å². The first-order valence-electron chi connectivity index (χ1n) is 3.62. The van der Waals surface area contributed by atoms with E-state index in [-0.39, 0.29) is 0 Å². The molecule has 72 valence electrons. The van der Waals surface area contributed by atoms with Gasteiger partial charge in [-0.2, -0.15) is 0 Å². The molecule has 1 aromatic rings. The molecule has 0 amide bonds. The van der Waals surface area contributed by atoms with Crippen LogP contribution in [0.4, 0.5) is 0 Å². The van der Waals surface area contributed by atoms with E-state index >= 15 is 0 Å². The van der Waals surface area contributed by atoms with E-state index in [2.05, 4.69) is 0 Å². The summed E-state index contributed by atoms with van der Waals surface area (Å²) in [6.07, 6.45) is 0. The molecule has 1 aromatic carbocycles. The number of rotatable bonds is 2. The Morgan fingerprint density at radius 3 is 1.85 bits per heavy atom. The zero-order valence-electron chi connectivity index (χ0n) is 6.91. The van der Waals surface area contributed by atoms with Gasteiger partial charge < -0.3 is 5.11 Å². The molecule has 0 aliphatic rings. The van der Waals surface area contributed by atoms with Crippen LogP contribution in [0.15, 0.2) is 30.3 Å². The standard InChI is InChI=1S/C7H6O2.C2H4Cl2/c8-7(9)6-4-2-1-3-5-6;3-1-2-4/h1-5H,(H,8,9);1-2H2. The first-order valence-corrected chi connectivity index (χ1v) is 4.69. The lowest BCUT2D eigenvalue weighted by Gasteiger charge is -1.88. The third-order valence-corrected chi connectivity index (χ3v) is 1.66. The Hall–Kier alpha value is -0.730. The molecule has 0 spiro atoms. The van der Waals surface area contributed by atoms with E-state index in [4.69, 9.17) is 28.3 Å². The van der Waals surface area contributed by atoms with E-state index in [1.165, 1.54) is 0 Å². The lowest BCUT2D eigenvalue weighted by atomic mass is 10.2. The first kappa shape index (κ1) is 12.3. The van der Waals surface area contributed by atoms with Crippen LogP contribution in [-0.2, 0) is 0 Å². The number of carboxylic acid groups (broad SMARTS) is 1. The van der Waals surface area contributed by atoms with Gasteiger partial charge >= 0.3 is 5.97 Å². The highest BCUT2D eigenvalue weighted by atomic mass is 35.5. The van der Waals surface area contributed by atoms with Gasteiger partial charge in [-0.25, -0.2) is 4.79 Å². The average Bonchev–Trinajstić information content (AvgIpc) is 2.19. The number of aromatic carboxylic acids is 1. The summed E-state index contributed by atoms with van der Waals surface area (Å²) in [5.41, 5.74) is 0.331. The Balaban J connectivity index is 0.000000310. The maximum Gasteiger partial charge on any atom is 0.335 e. The zero-order valence-corrected chi connectivity index (χ0v) is 8.42. The van der Waals surface area contributed by atoms with E-state index in [0.29, 0.717) is 17.3 Å². The fourth-order valence-corrected chi connectivity index (χ4v) is 0.581. The quantitative estimate of drug-likeness (QED) is 0.779. The predicted molar refractivity (Wildman–Crippen MR) is 54.8 cm³/mol. The third-order valence-electron chi connectivity index (χ3n) is 1.09. The van der Waals surface area contributed by atoms with Crippen LogP contribution in [0.3, 0.4) is 0 Å². The van der Waals surface area contributed by atoms with Gasteiger partial charge in [0.05, 0.1) is 5.56 Å². The molecule has 0 unspecified atom stereocenters. The van der Waals surface area contributed by atoms with Crippen LogP contribution in [0.25, 0.3) is 0 Å². The fourth-order valence-electron chi connectivity index (χ4n) is 0.581. The molecule has 0 fully saturated rings. The van der Waals surface area contributed by atoms with Crippen LogP contribution >= 0.6 is 23.2 Å². The fraction of sp³-hybridized carbons (Fsp3) is 0.222. The van der Waals surface area contributed by atoms with Crippen molar-refractivity contribution < 1.29 is 9.90 Å². The van der Waals surface area contributed by atoms with Gasteiger partial charge in [0.1, 0.15) is 0 Å². The van der Waals surface area contributed by atoms with Gasteiger partial charge in [-0.05, 0) is 12.1 Å². The van der Waals surface area contributed by atoms with Crippen molar-refractivity contribution in [3.05, 3.63) is 35.9 Å². The Morgan fingerprint density at radius 1 is 1.15 bits per heavy atom. The number of carboxylic acids is 1. The van der Waals surface area contributed by atoms with Crippen LogP contribution in [0.1, 0.15) is 10.4 Å². The second-order valence-corrected chi connectivity index (χ2v) is 2.81. The smallest absolute Gasteiger partial charge is 0.335 e. The van der Waals surface area contributed by atoms with Crippen LogP contribution in [0.5, 0.6) is 0 Å². The molecule has 0 aliphatic carbocycles. The SMILES string of the molecule is ClCCCl.O=C(O)c1ccccc1. The van der Waals surface area contributed by atoms with Crippen LogP contribution in [0.2, 0.25) is 0 Å². The minimum atomic E-state index is -0.879. The molecule has 0 bridgehead atoms. The Bertz CT molecular complexity index is 235. The monoisotopic (exact) mass is 220 g/mol. The lowest BCUT2D eigenvalue weighted by molar-refractivity contribution is 0.0697.